The van der Waals surface area contributed by atoms with Crippen molar-refractivity contribution in [3.8, 4) is 0 Å². The van der Waals surface area contributed by atoms with Crippen molar-refractivity contribution < 1.29 is 0 Å². The maximum absolute atomic E-state index is 3.43. The maximum Gasteiger partial charge on any atom is 0.0104 e. The lowest BCUT2D eigenvalue weighted by atomic mass is 10.1. The van der Waals surface area contributed by atoms with Crippen molar-refractivity contribution >= 4 is 0 Å². The van der Waals surface area contributed by atoms with Crippen molar-refractivity contribution in [2.75, 3.05) is 33.2 Å². The van der Waals surface area contributed by atoms with Crippen LogP contribution in [0.2, 0.25) is 0 Å². The fraction of sp³-hybridized carbons (Fsp3) is 0.833. The molecule has 0 heterocycles. The molecule has 0 unspecified atom stereocenters. The minimum absolute atomic E-state index is 0.881. The summed E-state index contributed by atoms with van der Waals surface area (Å²) in [6.45, 7) is 6.92. The lowest BCUT2D eigenvalue weighted by Gasteiger charge is -2.20. The molecule has 1 aliphatic carbocycles. The van der Waals surface area contributed by atoms with Gasteiger partial charge in [-0.1, -0.05) is 19.1 Å². The van der Waals surface area contributed by atoms with E-state index < -0.39 is 0 Å². The van der Waals surface area contributed by atoms with Crippen LogP contribution in [-0.4, -0.2) is 38.1 Å². The summed E-state index contributed by atoms with van der Waals surface area (Å²) in [5, 5.41) is 3.43. The van der Waals surface area contributed by atoms with E-state index in [1.807, 2.05) is 0 Å². The molecule has 2 nitrogen and oxygen atoms in total. The second-order valence-corrected chi connectivity index (χ2v) is 4.32. The number of nitrogens with zero attached hydrogens (tertiary/aromatic N) is 1. The smallest absolute Gasteiger partial charge is 0.0104 e. The topological polar surface area (TPSA) is 15.3 Å². The molecule has 0 atom stereocenters. The monoisotopic (exact) mass is 196 g/mol. The molecule has 0 saturated heterocycles. The van der Waals surface area contributed by atoms with Crippen molar-refractivity contribution in [1.29, 1.82) is 0 Å². The molecule has 1 rings (SSSR count). The van der Waals surface area contributed by atoms with Crippen LogP contribution < -0.4 is 5.32 Å². The normalized spacial score (nSPS) is 17.1. The van der Waals surface area contributed by atoms with Crippen LogP contribution in [-0.2, 0) is 0 Å². The van der Waals surface area contributed by atoms with E-state index in [0.717, 1.165) is 19.0 Å². The van der Waals surface area contributed by atoms with E-state index in [0.29, 0.717) is 0 Å². The highest BCUT2D eigenvalue weighted by Crippen LogP contribution is 2.17. The van der Waals surface area contributed by atoms with Crippen LogP contribution in [0.3, 0.4) is 0 Å². The molecule has 1 aliphatic rings. The molecule has 0 aromatic heterocycles. The first kappa shape index (κ1) is 11.7. The van der Waals surface area contributed by atoms with Gasteiger partial charge in [0.05, 0.1) is 0 Å². The minimum atomic E-state index is 0.881. The van der Waals surface area contributed by atoms with Crippen molar-refractivity contribution in [2.45, 2.75) is 26.2 Å². The van der Waals surface area contributed by atoms with Crippen LogP contribution in [0.5, 0.6) is 0 Å². The van der Waals surface area contributed by atoms with Gasteiger partial charge in [0.1, 0.15) is 0 Å². The first-order valence-electron chi connectivity index (χ1n) is 5.87. The Morgan fingerprint density at radius 1 is 1.29 bits per heavy atom. The van der Waals surface area contributed by atoms with Gasteiger partial charge in [-0.15, -0.1) is 0 Å². The van der Waals surface area contributed by atoms with Gasteiger partial charge in [0.25, 0.3) is 0 Å². The minimum Gasteiger partial charge on any atom is -0.315 e. The number of rotatable bonds is 7. The summed E-state index contributed by atoms with van der Waals surface area (Å²) in [7, 11) is 2.23. The Kier molecular flexibility index (Phi) is 5.88. The Morgan fingerprint density at radius 2 is 2.00 bits per heavy atom. The molecule has 2 heteroatoms. The van der Waals surface area contributed by atoms with Crippen LogP contribution >= 0.6 is 0 Å². The van der Waals surface area contributed by atoms with Crippen molar-refractivity contribution in [1.82, 2.24) is 10.2 Å². The van der Waals surface area contributed by atoms with Gasteiger partial charge < -0.3 is 10.2 Å². The predicted molar refractivity (Wildman–Crippen MR) is 62.5 cm³/mol. The van der Waals surface area contributed by atoms with E-state index in [-0.39, 0.29) is 0 Å². The maximum atomic E-state index is 3.43. The zero-order chi connectivity index (χ0) is 10.2. The highest BCUT2D eigenvalue weighted by atomic mass is 15.1. The molecular weight excluding hydrogens is 172 g/mol. The third-order valence-corrected chi connectivity index (χ3v) is 2.77. The lowest BCUT2D eigenvalue weighted by Crippen LogP contribution is -2.32. The van der Waals surface area contributed by atoms with Crippen LogP contribution in [0, 0.1) is 5.92 Å². The zero-order valence-electron chi connectivity index (χ0n) is 9.63. The summed E-state index contributed by atoms with van der Waals surface area (Å²) < 4.78 is 0. The summed E-state index contributed by atoms with van der Waals surface area (Å²) in [5.74, 6) is 0.881. The highest BCUT2D eigenvalue weighted by molar-refractivity contribution is 4.94. The van der Waals surface area contributed by atoms with Gasteiger partial charge in [-0.25, -0.2) is 0 Å². The summed E-state index contributed by atoms with van der Waals surface area (Å²) in [5.41, 5.74) is 0. The quantitative estimate of drug-likeness (QED) is 0.494. The standard InChI is InChI=1S/C12H24N2/c1-3-8-13-9-10-14(2)11-12-6-4-5-7-12/h4-5,12-13H,3,6-11H2,1-2H3. The molecule has 0 spiro atoms. The molecule has 82 valence electrons. The van der Waals surface area contributed by atoms with Gasteiger partial charge in [-0.3, -0.25) is 0 Å². The van der Waals surface area contributed by atoms with Gasteiger partial charge in [-0.05, 0) is 38.8 Å². The summed E-state index contributed by atoms with van der Waals surface area (Å²) in [6.07, 6.45) is 8.43. The van der Waals surface area contributed by atoms with Crippen LogP contribution in [0.4, 0.5) is 0 Å². The molecule has 0 bridgehead atoms. The average Bonchev–Trinajstić information content (AvgIpc) is 2.65. The number of likely N-dealkylation sites (N-methyl/N-ethyl adjacent to an activating group) is 1. The van der Waals surface area contributed by atoms with Crippen molar-refractivity contribution in [3.05, 3.63) is 12.2 Å². The van der Waals surface area contributed by atoms with E-state index in [1.165, 1.54) is 32.4 Å². The highest BCUT2D eigenvalue weighted by Gasteiger charge is 2.11. The molecule has 0 aromatic carbocycles. The fourth-order valence-electron chi connectivity index (χ4n) is 1.93. The van der Waals surface area contributed by atoms with Gasteiger partial charge in [0.15, 0.2) is 0 Å². The van der Waals surface area contributed by atoms with Crippen molar-refractivity contribution in [2.24, 2.45) is 5.92 Å². The first-order valence-corrected chi connectivity index (χ1v) is 5.87. The number of allylic oxidation sites excluding steroid dienone is 2. The lowest BCUT2D eigenvalue weighted by molar-refractivity contribution is 0.281. The molecule has 0 fully saturated rings. The Morgan fingerprint density at radius 3 is 2.64 bits per heavy atom. The Labute approximate surface area is 88.4 Å². The van der Waals surface area contributed by atoms with Crippen LogP contribution in [0.25, 0.3) is 0 Å². The fourth-order valence-corrected chi connectivity index (χ4v) is 1.93. The number of hydrogen-bond donors (Lipinski definition) is 1. The Balaban J connectivity index is 1.95. The molecule has 1 N–H and O–H groups in total. The van der Waals surface area contributed by atoms with Crippen LogP contribution in [0.1, 0.15) is 26.2 Å². The molecule has 14 heavy (non-hydrogen) atoms. The SMILES string of the molecule is CCCNCCN(C)CC1CC=CC1. The van der Waals surface area contributed by atoms with Gasteiger partial charge in [0, 0.05) is 19.6 Å². The number of nitrogens with one attached hydrogen (secondary N) is 1. The molecular formula is C12H24N2. The van der Waals surface area contributed by atoms with Gasteiger partial charge in [0.2, 0.25) is 0 Å². The first-order chi connectivity index (χ1) is 6.83. The van der Waals surface area contributed by atoms with Gasteiger partial charge >= 0.3 is 0 Å². The van der Waals surface area contributed by atoms with E-state index in [9.17, 15) is 0 Å². The van der Waals surface area contributed by atoms with Crippen LogP contribution in [0.15, 0.2) is 12.2 Å². The van der Waals surface area contributed by atoms with Crippen molar-refractivity contribution in [3.63, 3.8) is 0 Å². The summed E-state index contributed by atoms with van der Waals surface area (Å²) in [6, 6.07) is 0. The van der Waals surface area contributed by atoms with E-state index in [2.05, 4.69) is 36.3 Å². The Hall–Kier alpha value is -0.340. The zero-order valence-corrected chi connectivity index (χ0v) is 9.63. The molecule has 0 amide bonds. The number of hydrogen-bond acceptors (Lipinski definition) is 2. The largest absolute Gasteiger partial charge is 0.315 e. The predicted octanol–water partition coefficient (Wildman–Crippen LogP) is 1.88. The summed E-state index contributed by atoms with van der Waals surface area (Å²) in [4.78, 5) is 2.44. The Bertz CT molecular complexity index is 158. The second-order valence-electron chi connectivity index (χ2n) is 4.32. The van der Waals surface area contributed by atoms with Gasteiger partial charge in [-0.2, -0.15) is 0 Å². The molecule has 0 aliphatic heterocycles. The third-order valence-electron chi connectivity index (χ3n) is 2.77. The van der Waals surface area contributed by atoms with E-state index in [4.69, 9.17) is 0 Å². The third kappa shape index (κ3) is 4.77. The van der Waals surface area contributed by atoms with E-state index >= 15 is 0 Å². The summed E-state index contributed by atoms with van der Waals surface area (Å²) >= 11 is 0. The average molecular weight is 196 g/mol. The molecule has 0 aromatic rings. The molecule has 0 radical (unpaired) electrons. The van der Waals surface area contributed by atoms with E-state index in [1.54, 1.807) is 0 Å². The second kappa shape index (κ2) is 7.02. The molecule has 0 saturated carbocycles.